The van der Waals surface area contributed by atoms with Gasteiger partial charge in [-0.15, -0.1) is 11.8 Å². The molecule has 31 heavy (non-hydrogen) atoms. The van der Waals surface area contributed by atoms with E-state index in [1.54, 1.807) is 24.0 Å². The molecule has 0 aromatic heterocycles. The lowest BCUT2D eigenvalue weighted by molar-refractivity contribution is -0.138. The third-order valence-corrected chi connectivity index (χ3v) is 6.89. The third-order valence-electron chi connectivity index (χ3n) is 4.91. The van der Waals surface area contributed by atoms with E-state index in [1.807, 2.05) is 44.2 Å². The van der Waals surface area contributed by atoms with Gasteiger partial charge in [-0.05, 0) is 55.7 Å². The maximum absolute atomic E-state index is 13.1. The molecule has 2 aromatic carbocycles. The summed E-state index contributed by atoms with van der Waals surface area (Å²) in [6.07, 6.45) is 0.816. The number of rotatable bonds is 10. The molecule has 168 valence electrons. The van der Waals surface area contributed by atoms with E-state index >= 15 is 0 Å². The van der Waals surface area contributed by atoms with E-state index in [0.717, 1.165) is 17.5 Å². The molecule has 0 aliphatic heterocycles. The quantitative estimate of drug-likeness (QED) is 0.421. The van der Waals surface area contributed by atoms with Crippen LogP contribution in [-0.2, 0) is 21.9 Å². The highest BCUT2D eigenvalue weighted by molar-refractivity contribution is 7.99. The molecule has 0 aliphatic rings. The Hall–Kier alpha value is -1.40. The zero-order valence-corrected chi connectivity index (χ0v) is 20.9. The van der Waals surface area contributed by atoms with Crippen molar-refractivity contribution < 1.29 is 9.59 Å². The standard InChI is InChI=1S/C23H27Cl3N2O2S/c1-4-15(2)27-23(30)16(3)28(12-18-7-10-20(25)21(26)11-18)22(29)14-31-13-17-5-8-19(24)9-6-17/h5-11,15-16H,4,12-14H2,1-3H3,(H,27,30)/t15-,16-/m1/s1. The lowest BCUT2D eigenvalue weighted by atomic mass is 10.1. The van der Waals surface area contributed by atoms with Crippen LogP contribution in [0.3, 0.4) is 0 Å². The number of nitrogens with one attached hydrogen (secondary N) is 1. The predicted molar refractivity (Wildman–Crippen MR) is 132 cm³/mol. The van der Waals surface area contributed by atoms with Crippen LogP contribution >= 0.6 is 46.6 Å². The topological polar surface area (TPSA) is 49.4 Å². The van der Waals surface area contributed by atoms with Gasteiger partial charge in [-0.3, -0.25) is 9.59 Å². The maximum atomic E-state index is 13.1. The van der Waals surface area contributed by atoms with E-state index in [0.29, 0.717) is 20.8 Å². The molecule has 0 saturated heterocycles. The lowest BCUT2D eigenvalue weighted by Crippen LogP contribution is -2.50. The average molecular weight is 502 g/mol. The van der Waals surface area contributed by atoms with Crippen molar-refractivity contribution in [3.05, 3.63) is 68.7 Å². The van der Waals surface area contributed by atoms with Gasteiger partial charge >= 0.3 is 0 Å². The van der Waals surface area contributed by atoms with Crippen molar-refractivity contribution in [3.8, 4) is 0 Å². The van der Waals surface area contributed by atoms with Crippen LogP contribution in [0.15, 0.2) is 42.5 Å². The SMILES string of the molecule is CC[C@@H](C)NC(=O)[C@@H](C)N(Cc1ccc(Cl)c(Cl)c1)C(=O)CSCc1ccc(Cl)cc1. The van der Waals surface area contributed by atoms with Gasteiger partial charge in [0, 0.05) is 23.4 Å². The molecule has 2 rings (SSSR count). The van der Waals surface area contributed by atoms with Gasteiger partial charge in [-0.25, -0.2) is 0 Å². The molecule has 0 radical (unpaired) electrons. The second-order valence-electron chi connectivity index (χ2n) is 7.38. The first-order valence-electron chi connectivity index (χ1n) is 10.1. The summed E-state index contributed by atoms with van der Waals surface area (Å²) in [5, 5.41) is 4.50. The van der Waals surface area contributed by atoms with Crippen molar-refractivity contribution in [1.29, 1.82) is 0 Å². The number of halogens is 3. The zero-order chi connectivity index (χ0) is 23.0. The minimum absolute atomic E-state index is 0.0381. The van der Waals surface area contributed by atoms with Gasteiger partial charge in [0.05, 0.1) is 15.8 Å². The molecule has 0 unspecified atom stereocenters. The molecule has 0 bridgehead atoms. The fourth-order valence-electron chi connectivity index (χ4n) is 2.80. The highest BCUT2D eigenvalue weighted by Crippen LogP contribution is 2.24. The van der Waals surface area contributed by atoms with Crippen LogP contribution in [0.25, 0.3) is 0 Å². The first-order chi connectivity index (χ1) is 14.7. The van der Waals surface area contributed by atoms with Crippen LogP contribution in [0.5, 0.6) is 0 Å². The molecule has 0 aliphatic carbocycles. The summed E-state index contributed by atoms with van der Waals surface area (Å²) in [5.74, 6) is 0.643. The van der Waals surface area contributed by atoms with Gasteiger partial charge in [0.25, 0.3) is 0 Å². The van der Waals surface area contributed by atoms with Crippen molar-refractivity contribution in [2.75, 3.05) is 5.75 Å². The summed E-state index contributed by atoms with van der Waals surface area (Å²) in [6.45, 7) is 5.96. The number of hydrogen-bond donors (Lipinski definition) is 1. The van der Waals surface area contributed by atoms with Crippen molar-refractivity contribution in [2.24, 2.45) is 0 Å². The van der Waals surface area contributed by atoms with Crippen LogP contribution < -0.4 is 5.32 Å². The van der Waals surface area contributed by atoms with E-state index in [2.05, 4.69) is 5.32 Å². The largest absolute Gasteiger partial charge is 0.352 e. The van der Waals surface area contributed by atoms with Crippen molar-refractivity contribution in [1.82, 2.24) is 10.2 Å². The molecule has 0 spiro atoms. The smallest absolute Gasteiger partial charge is 0.242 e. The van der Waals surface area contributed by atoms with Gasteiger partial charge in [-0.2, -0.15) is 0 Å². The fraction of sp³-hybridized carbons (Fsp3) is 0.391. The molecular weight excluding hydrogens is 475 g/mol. The molecule has 4 nitrogen and oxygen atoms in total. The van der Waals surface area contributed by atoms with E-state index in [4.69, 9.17) is 34.8 Å². The minimum Gasteiger partial charge on any atom is -0.352 e. The molecule has 2 atom stereocenters. The summed E-state index contributed by atoms with van der Waals surface area (Å²) in [7, 11) is 0. The first kappa shape index (κ1) is 25.9. The second kappa shape index (κ2) is 12.6. The first-order valence-corrected chi connectivity index (χ1v) is 12.4. The Kier molecular flexibility index (Phi) is 10.5. The zero-order valence-electron chi connectivity index (χ0n) is 17.8. The van der Waals surface area contributed by atoms with Crippen LogP contribution in [0.2, 0.25) is 15.1 Å². The molecule has 2 amide bonds. The van der Waals surface area contributed by atoms with Gasteiger partial charge in [0.15, 0.2) is 0 Å². The number of benzene rings is 2. The molecule has 0 heterocycles. The van der Waals surface area contributed by atoms with Crippen molar-refractivity contribution in [2.45, 2.75) is 51.6 Å². The summed E-state index contributed by atoms with van der Waals surface area (Å²) in [4.78, 5) is 27.4. The molecule has 1 N–H and O–H groups in total. The third kappa shape index (κ3) is 8.23. The Labute approximate surface area is 203 Å². The molecule has 8 heteroatoms. The van der Waals surface area contributed by atoms with E-state index in [9.17, 15) is 9.59 Å². The Morgan fingerprint density at radius 2 is 1.65 bits per heavy atom. The van der Waals surface area contributed by atoms with Gasteiger partial charge in [0.1, 0.15) is 6.04 Å². The lowest BCUT2D eigenvalue weighted by Gasteiger charge is -2.29. The molecule has 0 saturated carbocycles. The van der Waals surface area contributed by atoms with Gasteiger partial charge in [-0.1, -0.05) is 59.9 Å². The Morgan fingerprint density at radius 3 is 2.26 bits per heavy atom. The number of carbonyl (C=O) groups excluding carboxylic acids is 2. The van der Waals surface area contributed by atoms with E-state index in [-0.39, 0.29) is 30.2 Å². The highest BCUT2D eigenvalue weighted by Gasteiger charge is 2.26. The average Bonchev–Trinajstić information content (AvgIpc) is 2.75. The molecule has 0 fully saturated rings. The minimum atomic E-state index is -0.618. The van der Waals surface area contributed by atoms with E-state index < -0.39 is 6.04 Å². The second-order valence-corrected chi connectivity index (χ2v) is 9.62. The predicted octanol–water partition coefficient (Wildman–Crippen LogP) is 6.21. The number of thioether (sulfide) groups is 1. The van der Waals surface area contributed by atoms with Crippen LogP contribution in [0.1, 0.15) is 38.3 Å². The number of nitrogens with zero attached hydrogens (tertiary/aromatic N) is 1. The van der Waals surface area contributed by atoms with Crippen LogP contribution in [-0.4, -0.2) is 34.6 Å². The number of hydrogen-bond acceptors (Lipinski definition) is 3. The Bertz CT molecular complexity index is 893. The Balaban J connectivity index is 2.10. The maximum Gasteiger partial charge on any atom is 0.242 e. The monoisotopic (exact) mass is 500 g/mol. The van der Waals surface area contributed by atoms with Crippen LogP contribution in [0.4, 0.5) is 0 Å². The van der Waals surface area contributed by atoms with Gasteiger partial charge < -0.3 is 10.2 Å². The van der Waals surface area contributed by atoms with Crippen LogP contribution in [0, 0.1) is 0 Å². The number of amides is 2. The normalized spacial score (nSPS) is 12.8. The van der Waals surface area contributed by atoms with E-state index in [1.165, 1.54) is 11.8 Å². The molecule has 2 aromatic rings. The molecular formula is C23H27Cl3N2O2S. The summed E-state index contributed by atoms with van der Waals surface area (Å²) < 4.78 is 0. The summed E-state index contributed by atoms with van der Waals surface area (Å²) >= 11 is 19.6. The van der Waals surface area contributed by atoms with Crippen molar-refractivity contribution in [3.63, 3.8) is 0 Å². The van der Waals surface area contributed by atoms with Gasteiger partial charge in [0.2, 0.25) is 11.8 Å². The number of carbonyl (C=O) groups is 2. The summed E-state index contributed by atoms with van der Waals surface area (Å²) in [5.41, 5.74) is 1.90. The fourth-order valence-corrected chi connectivity index (χ4v) is 4.12. The van der Waals surface area contributed by atoms with Crippen molar-refractivity contribution >= 4 is 58.4 Å². The Morgan fingerprint density at radius 1 is 1.00 bits per heavy atom. The highest BCUT2D eigenvalue weighted by atomic mass is 35.5. The summed E-state index contributed by atoms with van der Waals surface area (Å²) in [6, 6.07) is 12.2.